The Morgan fingerprint density at radius 3 is 0.891 bits per heavy atom. The molecule has 8 nitrogen and oxygen atoms in total. The van der Waals surface area contributed by atoms with Crippen LogP contribution in [0.15, 0.2) is 468 Å². The number of nitrogens with zero attached hydrogens (tertiary/aromatic N) is 5. The van der Waals surface area contributed by atoms with Crippen LogP contribution < -0.4 is 9.80 Å². The first kappa shape index (κ1) is 73.5. The van der Waals surface area contributed by atoms with Gasteiger partial charge < -0.3 is 36.8 Å². The quantitative estimate of drug-likeness (QED) is 0.137. The predicted octanol–water partition coefficient (Wildman–Crippen LogP) is 34.5. The fourth-order valence-electron chi connectivity index (χ4n) is 20.4. The minimum atomic E-state index is 0.913. The number of para-hydroxylation sites is 9. The van der Waals surface area contributed by atoms with Gasteiger partial charge in [0.05, 0.1) is 33.1 Å². The van der Waals surface area contributed by atoms with Crippen molar-refractivity contribution in [3.05, 3.63) is 455 Å². The van der Waals surface area contributed by atoms with E-state index >= 15 is 0 Å². The summed E-state index contributed by atoms with van der Waals surface area (Å²) in [7, 11) is 0. The van der Waals surface area contributed by atoms with Crippen molar-refractivity contribution in [3.63, 3.8) is 0 Å². The number of hydrogen-bond acceptors (Lipinski definition) is 6. The summed E-state index contributed by atoms with van der Waals surface area (Å²) in [6.07, 6.45) is 0. The summed E-state index contributed by atoms with van der Waals surface area (Å²) in [6.45, 7) is 0. The number of hydrogen-bond donors (Lipinski definition) is 0. The van der Waals surface area contributed by atoms with Crippen molar-refractivity contribution in [3.8, 4) is 28.2 Å². The Morgan fingerprint density at radius 2 is 0.481 bits per heavy atom. The second-order valence-corrected chi connectivity index (χ2v) is 34.3. The van der Waals surface area contributed by atoms with E-state index in [-0.39, 0.29) is 0 Å². The first-order valence-corrected chi connectivity index (χ1v) is 44.7. The molecule has 0 aliphatic carbocycles. The summed E-state index contributed by atoms with van der Waals surface area (Å²) < 4.78 is 29.5. The molecule has 0 spiro atoms. The molecule has 28 aromatic rings. The van der Waals surface area contributed by atoms with E-state index in [9.17, 15) is 0 Å². The fraction of sp³-hybridized carbons (Fsp3) is 0. The number of anilines is 6. The molecule has 0 N–H and O–H groups in total. The van der Waals surface area contributed by atoms with E-state index in [0.29, 0.717) is 0 Å². The highest BCUT2D eigenvalue weighted by Gasteiger charge is 2.26. The number of furan rings is 3. The normalized spacial score (nSPS) is 11.9. The molecule has 0 aliphatic rings. The zero-order valence-corrected chi connectivity index (χ0v) is 70.5. The first-order valence-electron chi connectivity index (χ1n) is 43.8. The summed E-state index contributed by atoms with van der Waals surface area (Å²) in [4.78, 5) is 4.64. The summed E-state index contributed by atoms with van der Waals surface area (Å²) in [5, 5.41) is 23.9. The monoisotopic (exact) mass is 1670 g/mol. The number of benzene rings is 21. The largest absolute Gasteiger partial charge is 0.455 e. The second kappa shape index (κ2) is 29.9. The molecule has 0 fully saturated rings. The Bertz CT molecular complexity index is 9300. The van der Waals surface area contributed by atoms with E-state index in [1.165, 1.54) is 113 Å². The third-order valence-electron chi connectivity index (χ3n) is 26.1. The summed E-state index contributed by atoms with van der Waals surface area (Å²) in [6, 6.07) is 162. The highest BCUT2D eigenvalue weighted by molar-refractivity contribution is 7.25. The van der Waals surface area contributed by atoms with E-state index in [1.54, 1.807) is 0 Å². The topological polar surface area (TPSA) is 60.7 Å². The van der Waals surface area contributed by atoms with Crippen LogP contribution in [0.2, 0.25) is 0 Å². The van der Waals surface area contributed by atoms with Gasteiger partial charge in [0.2, 0.25) is 0 Å². The molecule has 0 radical (unpaired) electrons. The molecule has 7 heterocycles. The Morgan fingerprint density at radius 1 is 0.178 bits per heavy atom. The smallest absolute Gasteiger partial charge is 0.143 e. The van der Waals surface area contributed by atoms with Gasteiger partial charge in [-0.1, -0.05) is 279 Å². The molecule has 7 aromatic heterocycles. The molecule has 0 unspecified atom stereocenters. The molecule has 129 heavy (non-hydrogen) atoms. The zero-order chi connectivity index (χ0) is 84.7. The highest BCUT2D eigenvalue weighted by atomic mass is 32.1. The lowest BCUT2D eigenvalue weighted by molar-refractivity contribution is 0.672. The molecular weight excluding hydrogens is 1590 g/mol. The fourth-order valence-corrected chi connectivity index (χ4v) is 21.6. The summed E-state index contributed by atoms with van der Waals surface area (Å²) in [5.74, 6) is 0. The van der Waals surface area contributed by atoms with Crippen molar-refractivity contribution >= 4 is 229 Å². The van der Waals surface area contributed by atoms with Gasteiger partial charge in [-0.2, -0.15) is 0 Å². The van der Waals surface area contributed by atoms with Crippen molar-refractivity contribution in [2.24, 2.45) is 0 Å². The summed E-state index contributed by atoms with van der Waals surface area (Å²) >= 11 is 1.86. The lowest BCUT2D eigenvalue weighted by Gasteiger charge is -2.26. The van der Waals surface area contributed by atoms with Crippen molar-refractivity contribution in [1.29, 1.82) is 0 Å². The first-order chi connectivity index (χ1) is 64.0. The van der Waals surface area contributed by atoms with Crippen LogP contribution in [-0.2, 0) is 0 Å². The van der Waals surface area contributed by atoms with E-state index in [0.717, 1.165) is 133 Å². The minimum absolute atomic E-state index is 0.913. The van der Waals surface area contributed by atoms with Crippen LogP contribution in [-0.4, -0.2) is 13.7 Å². The van der Waals surface area contributed by atoms with Gasteiger partial charge in [-0.25, -0.2) is 0 Å². The van der Waals surface area contributed by atoms with Crippen molar-refractivity contribution < 1.29 is 13.3 Å². The predicted molar refractivity (Wildman–Crippen MR) is 544 cm³/mol. The van der Waals surface area contributed by atoms with E-state index in [4.69, 9.17) is 13.3 Å². The lowest BCUT2D eigenvalue weighted by atomic mass is 10.0. The van der Waals surface area contributed by atoms with E-state index in [1.807, 2.05) is 29.5 Å². The van der Waals surface area contributed by atoms with Crippen molar-refractivity contribution in [1.82, 2.24) is 13.7 Å². The number of thiophene rings is 1. The molecule has 0 saturated carbocycles. The maximum Gasteiger partial charge on any atom is 0.143 e. The molecule has 0 saturated heterocycles. The molecule has 0 atom stereocenters. The average molecular weight is 1670 g/mol. The average Bonchev–Trinajstić information content (AvgIpc) is 1.56. The number of aromatic nitrogens is 3. The van der Waals surface area contributed by atoms with Gasteiger partial charge in [0.1, 0.15) is 33.5 Å². The SMILES string of the molecule is c1ccc(-c2ccc(N(c3ccccc3)c3cccc(-n4c5ccccc5c5c6c(ccc7c8ccccc8oc76)ccc54)c3)cc2)cc1.c1ccc(N(c2ccccc2)c2cccc(-n3c4ccccc4c4c5c(ccc6c7ccccc7oc65)ccc43)c2)cc1.c1ccc2c(c1)oc1c2ccc2ccc3c(c4ccccc4n3-c3ccc4c(c3)sc3ccccc34)c21. The van der Waals surface area contributed by atoms with Gasteiger partial charge in [-0.3, -0.25) is 0 Å². The van der Waals surface area contributed by atoms with Crippen LogP contribution in [0, 0.1) is 0 Å². The molecule has 0 aliphatic heterocycles. The lowest BCUT2D eigenvalue weighted by Crippen LogP contribution is -2.10. The van der Waals surface area contributed by atoms with Crippen molar-refractivity contribution in [2.45, 2.75) is 0 Å². The Hall–Kier alpha value is -17.0. The second-order valence-electron chi connectivity index (χ2n) is 33.3. The van der Waals surface area contributed by atoms with Gasteiger partial charge in [-0.15, -0.1) is 11.3 Å². The van der Waals surface area contributed by atoms with Crippen LogP contribution in [0.1, 0.15) is 0 Å². The van der Waals surface area contributed by atoms with Crippen LogP contribution in [0.4, 0.5) is 34.1 Å². The standard InChI is InChI=1S/C46H30N2O.C40H26N2O.C34H19NOS/c1-3-12-31(13-4-1)32-22-26-35(27-23-32)47(34-14-5-2-6-15-34)36-16-11-17-37(30-36)48-41-20-9-7-19-40(41)45-42(48)29-25-33-24-28-39-38-18-8-10-21-43(38)49-46(39)44(33)45;1-3-12-28(13-4-1)41(29-14-5-2-6-15-29)30-16-11-17-31(26-30)42-35-20-9-7-19-34(35)39-36(42)25-23-27-22-24-33-32-18-8-10-21-37(32)43-40(33)38(27)39;1-4-10-27-26(9-1)33-28(35(27)21-15-17-24-23-8-3-6-12-30(23)37-31(24)19-21)18-14-20-13-16-25-22-7-2-5-11-29(22)36-34(25)32(20)33/h1-30H;1-26H;1-19H. The van der Waals surface area contributed by atoms with Gasteiger partial charge >= 0.3 is 0 Å². The van der Waals surface area contributed by atoms with E-state index in [2.05, 4.69) is 460 Å². The van der Waals surface area contributed by atoms with Gasteiger partial charge in [0.25, 0.3) is 0 Å². The van der Waals surface area contributed by atoms with Crippen LogP contribution in [0.3, 0.4) is 0 Å². The Kier molecular flexibility index (Phi) is 17.0. The Labute approximate surface area is 743 Å². The summed E-state index contributed by atoms with van der Waals surface area (Å²) in [5.41, 5.74) is 25.1. The zero-order valence-electron chi connectivity index (χ0n) is 69.7. The molecule has 9 heteroatoms. The molecule has 604 valence electrons. The van der Waals surface area contributed by atoms with Gasteiger partial charge in [0, 0.05) is 152 Å². The minimum Gasteiger partial charge on any atom is -0.455 e. The van der Waals surface area contributed by atoms with Crippen LogP contribution in [0.25, 0.3) is 212 Å². The molecule has 21 aromatic carbocycles. The van der Waals surface area contributed by atoms with Gasteiger partial charge in [0.15, 0.2) is 0 Å². The van der Waals surface area contributed by atoms with Gasteiger partial charge in [-0.05, 0) is 203 Å². The van der Waals surface area contributed by atoms with Crippen LogP contribution >= 0.6 is 11.3 Å². The van der Waals surface area contributed by atoms with Crippen molar-refractivity contribution in [2.75, 3.05) is 9.80 Å². The van der Waals surface area contributed by atoms with Crippen LogP contribution in [0.5, 0.6) is 0 Å². The van der Waals surface area contributed by atoms with E-state index < -0.39 is 0 Å². The molecule has 0 bridgehead atoms. The number of fused-ring (bicyclic) bond motifs is 30. The molecule has 28 rings (SSSR count). The highest BCUT2D eigenvalue weighted by Crippen LogP contribution is 2.50. The maximum absolute atomic E-state index is 6.61. The third-order valence-corrected chi connectivity index (χ3v) is 27.2. The Balaban J connectivity index is 0.000000103. The third kappa shape index (κ3) is 11.9. The number of rotatable bonds is 10. The maximum atomic E-state index is 6.61. The molecular formula is C120H75N5O3S. The molecule has 0 amide bonds.